The van der Waals surface area contributed by atoms with Crippen molar-refractivity contribution in [1.82, 2.24) is 0 Å². The highest BCUT2D eigenvalue weighted by Crippen LogP contribution is 2.36. The van der Waals surface area contributed by atoms with Gasteiger partial charge in [-0.05, 0) is 22.3 Å². The topological polar surface area (TPSA) is 17.1 Å². The second kappa shape index (κ2) is 3.70. The van der Waals surface area contributed by atoms with E-state index in [1.54, 1.807) is 0 Å². The Balaban J connectivity index is 2.38. The predicted octanol–water partition coefficient (Wildman–Crippen LogP) is 3.95. The van der Waals surface area contributed by atoms with Crippen LogP contribution >= 0.6 is 0 Å². The molecule has 0 aliphatic heterocycles. The van der Waals surface area contributed by atoms with E-state index in [4.69, 9.17) is 0 Å². The maximum Gasteiger partial charge on any atom is 0.167 e. The van der Waals surface area contributed by atoms with Gasteiger partial charge in [0.2, 0.25) is 0 Å². The Morgan fingerprint density at radius 1 is 0.765 bits per heavy atom. The number of fused-ring (bicyclic) bond motifs is 3. The molecule has 1 nitrogen and oxygen atoms in total. The van der Waals surface area contributed by atoms with Gasteiger partial charge in [-0.3, -0.25) is 4.79 Å². The van der Waals surface area contributed by atoms with E-state index in [0.717, 1.165) is 27.8 Å². The lowest BCUT2D eigenvalue weighted by Crippen LogP contribution is -1.98. The molecule has 0 saturated heterocycles. The summed E-state index contributed by atoms with van der Waals surface area (Å²) in [5.74, 6) is 0.154. The van der Waals surface area contributed by atoms with Crippen molar-refractivity contribution in [2.45, 2.75) is 6.42 Å². The van der Waals surface area contributed by atoms with Gasteiger partial charge >= 0.3 is 0 Å². The fraction of sp³-hybridized carbons (Fsp3) is 0.0625. The van der Waals surface area contributed by atoms with Gasteiger partial charge in [-0.1, -0.05) is 55.1 Å². The quantitative estimate of drug-likeness (QED) is 0.657. The Kier molecular flexibility index (Phi) is 2.19. The van der Waals surface area contributed by atoms with Crippen molar-refractivity contribution < 1.29 is 4.79 Å². The Morgan fingerprint density at radius 2 is 1.24 bits per heavy atom. The third-order valence-corrected chi connectivity index (χ3v) is 3.20. The highest BCUT2D eigenvalue weighted by molar-refractivity contribution is 6.10. The van der Waals surface area contributed by atoms with E-state index in [9.17, 15) is 4.79 Å². The first-order chi connectivity index (χ1) is 8.27. The number of carbonyl (C=O) groups excluding carboxylic acids is 1. The smallest absolute Gasteiger partial charge is 0.167 e. The maximum absolute atomic E-state index is 12.1. The third-order valence-electron chi connectivity index (χ3n) is 3.20. The number of ketones is 1. The van der Waals surface area contributed by atoms with Crippen LogP contribution in [-0.4, -0.2) is 5.78 Å². The minimum atomic E-state index is 0.154. The van der Waals surface area contributed by atoms with E-state index in [-0.39, 0.29) is 5.78 Å². The summed E-state index contributed by atoms with van der Waals surface area (Å²) >= 11 is 0. The highest BCUT2D eigenvalue weighted by Gasteiger charge is 2.21. The second-order valence-electron chi connectivity index (χ2n) is 4.29. The largest absolute Gasteiger partial charge is 0.294 e. The molecule has 0 saturated carbocycles. The summed E-state index contributed by atoms with van der Waals surface area (Å²) in [5, 5.41) is 0. The molecule has 2 aromatic carbocycles. The van der Waals surface area contributed by atoms with Crippen molar-refractivity contribution in [2.24, 2.45) is 0 Å². The summed E-state index contributed by atoms with van der Waals surface area (Å²) in [6, 6.07) is 15.9. The van der Waals surface area contributed by atoms with Crippen molar-refractivity contribution >= 4 is 11.4 Å². The Hall–Kier alpha value is -2.15. The fourth-order valence-electron chi connectivity index (χ4n) is 2.37. The monoisotopic (exact) mass is 220 g/mol. The molecule has 0 N–H and O–H groups in total. The van der Waals surface area contributed by atoms with Crippen LogP contribution in [0.3, 0.4) is 0 Å². The zero-order valence-corrected chi connectivity index (χ0v) is 9.44. The van der Waals surface area contributed by atoms with Gasteiger partial charge in [0.25, 0.3) is 0 Å². The first-order valence-corrected chi connectivity index (χ1v) is 5.67. The van der Waals surface area contributed by atoms with Crippen LogP contribution in [0.5, 0.6) is 0 Å². The van der Waals surface area contributed by atoms with Crippen molar-refractivity contribution in [3.63, 3.8) is 0 Å². The van der Waals surface area contributed by atoms with Crippen LogP contribution in [0.1, 0.15) is 22.3 Å². The zero-order valence-electron chi connectivity index (χ0n) is 9.44. The Morgan fingerprint density at radius 3 is 1.88 bits per heavy atom. The molecule has 0 heterocycles. The average Bonchev–Trinajstić information content (AvgIpc) is 2.48. The number of allylic oxidation sites excluding steroid dienone is 1. The highest BCUT2D eigenvalue weighted by atomic mass is 16.1. The number of Topliss-reactive ketones (excluding diaryl/α,β-unsaturated/α-hetero) is 1. The molecule has 2 aromatic rings. The fourth-order valence-corrected chi connectivity index (χ4v) is 2.37. The molecule has 1 aliphatic rings. The molecule has 0 radical (unpaired) electrons. The lowest BCUT2D eigenvalue weighted by atomic mass is 9.96. The molecular weight excluding hydrogens is 208 g/mol. The summed E-state index contributed by atoms with van der Waals surface area (Å²) in [4.78, 5) is 12.1. The molecule has 3 rings (SSSR count). The summed E-state index contributed by atoms with van der Waals surface area (Å²) in [7, 11) is 0. The standard InChI is InChI=1S/C16H12O/c1-11-10-16(17)15-9-5-4-8-14(15)13-7-3-2-6-12(11)13/h2-9H,1,10H2. The Bertz CT molecular complexity index is 567. The minimum Gasteiger partial charge on any atom is -0.294 e. The van der Waals surface area contributed by atoms with Gasteiger partial charge < -0.3 is 0 Å². The number of hydrogen-bond acceptors (Lipinski definition) is 1. The zero-order chi connectivity index (χ0) is 11.8. The van der Waals surface area contributed by atoms with E-state index in [1.807, 2.05) is 42.5 Å². The van der Waals surface area contributed by atoms with Gasteiger partial charge in [0.05, 0.1) is 0 Å². The molecule has 82 valence electrons. The van der Waals surface area contributed by atoms with E-state index in [1.165, 1.54) is 0 Å². The molecule has 0 unspecified atom stereocenters. The first-order valence-electron chi connectivity index (χ1n) is 5.67. The molecule has 0 bridgehead atoms. The predicted molar refractivity (Wildman–Crippen MR) is 69.9 cm³/mol. The van der Waals surface area contributed by atoms with E-state index < -0.39 is 0 Å². The molecular formula is C16H12O. The number of benzene rings is 2. The maximum atomic E-state index is 12.1. The second-order valence-corrected chi connectivity index (χ2v) is 4.29. The molecule has 17 heavy (non-hydrogen) atoms. The number of rotatable bonds is 0. The summed E-state index contributed by atoms with van der Waals surface area (Å²) in [6.07, 6.45) is 0.411. The van der Waals surface area contributed by atoms with Gasteiger partial charge in [0.15, 0.2) is 5.78 Å². The van der Waals surface area contributed by atoms with E-state index in [0.29, 0.717) is 6.42 Å². The molecule has 1 heteroatoms. The van der Waals surface area contributed by atoms with Crippen LogP contribution in [0, 0.1) is 0 Å². The normalized spacial score (nSPS) is 13.9. The minimum absolute atomic E-state index is 0.154. The summed E-state index contributed by atoms with van der Waals surface area (Å²) < 4.78 is 0. The third kappa shape index (κ3) is 1.51. The van der Waals surface area contributed by atoms with Gasteiger partial charge in [-0.25, -0.2) is 0 Å². The van der Waals surface area contributed by atoms with Gasteiger partial charge in [0.1, 0.15) is 0 Å². The average molecular weight is 220 g/mol. The molecule has 0 aromatic heterocycles. The summed E-state index contributed by atoms with van der Waals surface area (Å²) in [5.41, 5.74) is 4.93. The first kappa shape index (κ1) is 10.0. The molecule has 1 aliphatic carbocycles. The van der Waals surface area contributed by atoms with Gasteiger partial charge in [-0.2, -0.15) is 0 Å². The SMILES string of the molecule is C=C1CC(=O)c2ccccc2-c2ccccc21. The van der Waals surface area contributed by atoms with Crippen LogP contribution in [0.15, 0.2) is 55.1 Å². The van der Waals surface area contributed by atoms with Crippen molar-refractivity contribution in [3.8, 4) is 11.1 Å². The van der Waals surface area contributed by atoms with Crippen LogP contribution in [-0.2, 0) is 0 Å². The van der Waals surface area contributed by atoms with Crippen molar-refractivity contribution in [1.29, 1.82) is 0 Å². The van der Waals surface area contributed by atoms with Crippen LogP contribution in [0.2, 0.25) is 0 Å². The molecule has 0 atom stereocenters. The molecule has 0 spiro atoms. The summed E-state index contributed by atoms with van der Waals surface area (Å²) in [6.45, 7) is 4.03. The molecule has 0 amide bonds. The van der Waals surface area contributed by atoms with Crippen molar-refractivity contribution in [2.75, 3.05) is 0 Å². The van der Waals surface area contributed by atoms with Gasteiger partial charge in [-0.15, -0.1) is 0 Å². The molecule has 0 fully saturated rings. The number of hydrogen-bond donors (Lipinski definition) is 0. The van der Waals surface area contributed by atoms with Gasteiger partial charge in [0, 0.05) is 12.0 Å². The van der Waals surface area contributed by atoms with Crippen LogP contribution < -0.4 is 0 Å². The van der Waals surface area contributed by atoms with E-state index in [2.05, 4.69) is 12.6 Å². The number of carbonyl (C=O) groups is 1. The van der Waals surface area contributed by atoms with Crippen molar-refractivity contribution in [3.05, 3.63) is 66.2 Å². The Labute approximate surface area is 100 Å². The van der Waals surface area contributed by atoms with Crippen LogP contribution in [0.4, 0.5) is 0 Å². The lowest BCUT2D eigenvalue weighted by molar-refractivity contribution is 0.0999. The lowest BCUT2D eigenvalue weighted by Gasteiger charge is -2.08. The van der Waals surface area contributed by atoms with E-state index >= 15 is 0 Å². The van der Waals surface area contributed by atoms with Crippen LogP contribution in [0.25, 0.3) is 16.7 Å².